The second kappa shape index (κ2) is 9.68. The number of thiophene rings is 1. The van der Waals surface area contributed by atoms with Crippen molar-refractivity contribution < 1.29 is 13.9 Å². The summed E-state index contributed by atoms with van der Waals surface area (Å²) in [5.41, 5.74) is 2.34. The van der Waals surface area contributed by atoms with E-state index in [0.29, 0.717) is 33.9 Å². The number of aryl methyl sites for hydroxylation is 1. The zero-order chi connectivity index (χ0) is 22.7. The molecular formula is C22H18Cl2N4O3S. The van der Waals surface area contributed by atoms with Gasteiger partial charge in [-0.1, -0.05) is 41.4 Å². The van der Waals surface area contributed by atoms with Gasteiger partial charge in [0.2, 0.25) is 0 Å². The summed E-state index contributed by atoms with van der Waals surface area (Å²) in [7, 11) is 0. The summed E-state index contributed by atoms with van der Waals surface area (Å²) in [6, 6.07) is 11.2. The molecule has 1 aromatic carbocycles. The van der Waals surface area contributed by atoms with E-state index in [4.69, 9.17) is 32.4 Å². The molecular weight excluding hydrogens is 471 g/mol. The average molecular weight is 489 g/mol. The van der Waals surface area contributed by atoms with Gasteiger partial charge in [0.15, 0.2) is 6.10 Å². The highest BCUT2D eigenvalue weighted by atomic mass is 35.5. The lowest BCUT2D eigenvalue weighted by atomic mass is 10.2. The van der Waals surface area contributed by atoms with E-state index in [2.05, 4.69) is 15.3 Å². The van der Waals surface area contributed by atoms with E-state index < -0.39 is 12.1 Å². The topological polar surface area (TPSA) is 83.0 Å². The molecule has 32 heavy (non-hydrogen) atoms. The number of aromatic nitrogens is 4. The Morgan fingerprint density at radius 2 is 2.03 bits per heavy atom. The fourth-order valence-electron chi connectivity index (χ4n) is 2.94. The number of carbonyl (C=O) groups excluding carboxylic acids is 1. The van der Waals surface area contributed by atoms with Crippen LogP contribution in [0.3, 0.4) is 0 Å². The Balaban J connectivity index is 1.41. The Morgan fingerprint density at radius 3 is 2.75 bits per heavy atom. The fourth-order valence-corrected chi connectivity index (χ4v) is 4.01. The monoisotopic (exact) mass is 488 g/mol. The summed E-state index contributed by atoms with van der Waals surface area (Å²) < 4.78 is 12.6. The Bertz CT molecular complexity index is 1250. The highest BCUT2D eigenvalue weighted by Crippen LogP contribution is 2.26. The van der Waals surface area contributed by atoms with Crippen LogP contribution in [0.5, 0.6) is 0 Å². The summed E-state index contributed by atoms with van der Waals surface area (Å²) in [6.07, 6.45) is 2.19. The summed E-state index contributed by atoms with van der Waals surface area (Å²) in [5, 5.41) is 15.4. The zero-order valence-corrected chi connectivity index (χ0v) is 19.5. The van der Waals surface area contributed by atoms with Gasteiger partial charge in [0, 0.05) is 16.7 Å². The van der Waals surface area contributed by atoms with Crippen molar-refractivity contribution in [1.29, 1.82) is 0 Å². The molecule has 0 amide bonds. The molecule has 4 rings (SSSR count). The van der Waals surface area contributed by atoms with Gasteiger partial charge in [0.05, 0.1) is 17.1 Å². The molecule has 0 radical (unpaired) electrons. The number of nitrogens with zero attached hydrogens (tertiary/aromatic N) is 4. The van der Waals surface area contributed by atoms with E-state index >= 15 is 0 Å². The summed E-state index contributed by atoms with van der Waals surface area (Å²) in [6.45, 7) is 3.97. The van der Waals surface area contributed by atoms with Crippen LogP contribution in [0.2, 0.25) is 10.2 Å². The van der Waals surface area contributed by atoms with Gasteiger partial charge in [0.25, 0.3) is 11.8 Å². The summed E-state index contributed by atoms with van der Waals surface area (Å²) in [5.74, 6) is 0.0541. The molecule has 1 unspecified atom stereocenters. The second-order valence-corrected chi connectivity index (χ2v) is 8.65. The molecule has 0 fully saturated rings. The molecule has 0 aliphatic carbocycles. The first-order valence-electron chi connectivity index (χ1n) is 9.64. The van der Waals surface area contributed by atoms with Crippen LogP contribution in [0.25, 0.3) is 16.8 Å². The number of halogens is 2. The molecule has 0 spiro atoms. The number of esters is 1. The third-order valence-electron chi connectivity index (χ3n) is 4.55. The highest BCUT2D eigenvalue weighted by Gasteiger charge is 2.19. The number of hydrogen-bond acceptors (Lipinski definition) is 7. The summed E-state index contributed by atoms with van der Waals surface area (Å²) in [4.78, 5) is 13.2. The number of hydrogen-bond donors (Lipinski definition) is 0. The van der Waals surface area contributed by atoms with Gasteiger partial charge in [0.1, 0.15) is 5.15 Å². The van der Waals surface area contributed by atoms with Crippen LogP contribution in [0.4, 0.5) is 0 Å². The molecule has 4 aromatic rings. The van der Waals surface area contributed by atoms with Crippen molar-refractivity contribution in [1.82, 2.24) is 20.0 Å². The van der Waals surface area contributed by atoms with E-state index in [9.17, 15) is 4.79 Å². The molecule has 3 aromatic heterocycles. The number of rotatable bonds is 7. The first-order valence-corrected chi connectivity index (χ1v) is 11.3. The number of benzene rings is 1. The van der Waals surface area contributed by atoms with Gasteiger partial charge in [-0.25, -0.2) is 9.48 Å². The standard InChI is InChI=1S/C22H18Cl2N4O3S/c1-13-17(20(24)28(27-13)12-15-5-7-16(23)8-6-15)9-10-19(29)30-14(2)21-25-26-22(31-21)18-4-3-11-32-18/h3-11,14H,12H2,1-2H3/b10-9+. The fraction of sp³-hybridized carbons (Fsp3) is 0.182. The van der Waals surface area contributed by atoms with Gasteiger partial charge < -0.3 is 9.15 Å². The SMILES string of the molecule is Cc1nn(Cc2ccc(Cl)cc2)c(Cl)c1/C=C/C(=O)OC(C)c1nnc(-c2cccs2)o1. The molecule has 164 valence electrons. The quantitative estimate of drug-likeness (QED) is 0.235. The van der Waals surface area contributed by atoms with Gasteiger partial charge in [-0.15, -0.1) is 21.5 Å². The largest absolute Gasteiger partial charge is 0.449 e. The van der Waals surface area contributed by atoms with E-state index in [1.54, 1.807) is 17.7 Å². The first kappa shape index (κ1) is 22.3. The van der Waals surface area contributed by atoms with Crippen LogP contribution in [-0.4, -0.2) is 25.9 Å². The van der Waals surface area contributed by atoms with Crippen LogP contribution in [0.15, 0.2) is 52.3 Å². The Labute approximate surface area is 198 Å². The molecule has 0 saturated carbocycles. The maximum absolute atomic E-state index is 12.3. The van der Waals surface area contributed by atoms with Gasteiger partial charge >= 0.3 is 5.97 Å². The smallest absolute Gasteiger partial charge is 0.331 e. The Morgan fingerprint density at radius 1 is 1.25 bits per heavy atom. The molecule has 3 heterocycles. The van der Waals surface area contributed by atoms with Crippen molar-refractivity contribution in [3.05, 3.63) is 80.7 Å². The lowest BCUT2D eigenvalue weighted by Gasteiger charge is -2.06. The van der Waals surface area contributed by atoms with Crippen molar-refractivity contribution >= 4 is 46.6 Å². The van der Waals surface area contributed by atoms with Crippen LogP contribution in [-0.2, 0) is 16.1 Å². The van der Waals surface area contributed by atoms with Crippen molar-refractivity contribution in [3.63, 3.8) is 0 Å². The van der Waals surface area contributed by atoms with Crippen LogP contribution in [0.1, 0.15) is 35.7 Å². The van der Waals surface area contributed by atoms with E-state index in [1.807, 2.05) is 48.7 Å². The maximum Gasteiger partial charge on any atom is 0.331 e. The molecule has 0 saturated heterocycles. The molecule has 0 aliphatic rings. The van der Waals surface area contributed by atoms with Gasteiger partial charge in [-0.05, 0) is 49.1 Å². The number of ether oxygens (including phenoxy) is 1. The second-order valence-electron chi connectivity index (χ2n) is 6.91. The summed E-state index contributed by atoms with van der Waals surface area (Å²) >= 11 is 13.9. The lowest BCUT2D eigenvalue weighted by Crippen LogP contribution is -2.06. The van der Waals surface area contributed by atoms with E-state index in [-0.39, 0.29) is 5.89 Å². The van der Waals surface area contributed by atoms with Crippen molar-refractivity contribution in [3.8, 4) is 10.8 Å². The predicted octanol–water partition coefficient (Wildman–Crippen LogP) is 5.98. The minimum absolute atomic E-state index is 0.222. The van der Waals surface area contributed by atoms with Crippen LogP contribution >= 0.6 is 34.5 Å². The highest BCUT2D eigenvalue weighted by molar-refractivity contribution is 7.13. The number of carbonyl (C=O) groups is 1. The normalized spacial score (nSPS) is 12.4. The molecule has 10 heteroatoms. The molecule has 1 atom stereocenters. The first-order chi connectivity index (χ1) is 15.4. The third-order valence-corrected chi connectivity index (χ3v) is 6.06. The van der Waals surface area contributed by atoms with Crippen molar-refractivity contribution in [2.75, 3.05) is 0 Å². The molecule has 0 N–H and O–H groups in total. The Kier molecular flexibility index (Phi) is 6.74. The van der Waals surface area contributed by atoms with Gasteiger partial charge in [-0.2, -0.15) is 5.10 Å². The predicted molar refractivity (Wildman–Crippen MR) is 124 cm³/mol. The minimum atomic E-state index is -0.697. The van der Waals surface area contributed by atoms with Gasteiger partial charge in [-0.3, -0.25) is 0 Å². The van der Waals surface area contributed by atoms with Crippen molar-refractivity contribution in [2.24, 2.45) is 0 Å². The Hall–Kier alpha value is -2.94. The van der Waals surface area contributed by atoms with Crippen LogP contribution in [0, 0.1) is 6.92 Å². The zero-order valence-electron chi connectivity index (χ0n) is 17.2. The minimum Gasteiger partial charge on any atom is -0.449 e. The molecule has 7 nitrogen and oxygen atoms in total. The molecule has 0 bridgehead atoms. The van der Waals surface area contributed by atoms with Crippen molar-refractivity contribution in [2.45, 2.75) is 26.5 Å². The molecule has 0 aliphatic heterocycles. The maximum atomic E-state index is 12.3. The lowest BCUT2D eigenvalue weighted by molar-refractivity contribution is -0.143. The van der Waals surface area contributed by atoms with E-state index in [0.717, 1.165) is 10.4 Å². The average Bonchev–Trinajstić information content (AvgIpc) is 3.50. The van der Waals surface area contributed by atoms with E-state index in [1.165, 1.54) is 17.4 Å². The third kappa shape index (κ3) is 5.09. The van der Waals surface area contributed by atoms with Crippen LogP contribution < -0.4 is 0 Å².